The van der Waals surface area contributed by atoms with Crippen LogP contribution in [0.2, 0.25) is 0 Å². The Morgan fingerprint density at radius 1 is 1.02 bits per heavy atom. The molecule has 0 aliphatic heterocycles. The van der Waals surface area contributed by atoms with E-state index in [9.17, 15) is 24.6 Å². The summed E-state index contributed by atoms with van der Waals surface area (Å²) in [5, 5.41) is 25.0. The Bertz CT molecular complexity index is 1350. The number of aliphatic hydroxyl groups excluding tert-OH is 2. The Kier molecular flexibility index (Phi) is 17.3. The zero-order valence-electron chi connectivity index (χ0n) is 31.9. The molecule has 1 fully saturated rings. The summed E-state index contributed by atoms with van der Waals surface area (Å²) in [6.07, 6.45) is 8.05. The van der Waals surface area contributed by atoms with Crippen molar-refractivity contribution < 1.29 is 24.6 Å². The van der Waals surface area contributed by atoms with Crippen LogP contribution in [-0.4, -0.2) is 97.5 Å². The maximum Gasteiger partial charge on any atom is 0.241 e. The van der Waals surface area contributed by atoms with Gasteiger partial charge in [0.25, 0.3) is 0 Å². The minimum atomic E-state index is -1.16. The molecule has 0 unspecified atom stereocenters. The van der Waals surface area contributed by atoms with E-state index in [1.807, 2.05) is 37.4 Å². The van der Waals surface area contributed by atoms with Crippen molar-refractivity contribution in [2.75, 3.05) is 32.4 Å². The lowest BCUT2D eigenvalue weighted by molar-refractivity contribution is -0.145. The highest BCUT2D eigenvalue weighted by atomic mass is 32.1. The molecule has 11 nitrogen and oxygen atoms in total. The largest absolute Gasteiger partial charge is 0.390 e. The molecule has 51 heavy (non-hydrogen) atoms. The van der Waals surface area contributed by atoms with Crippen LogP contribution in [0, 0.1) is 17.3 Å². The summed E-state index contributed by atoms with van der Waals surface area (Å²) in [7, 11) is 1.74. The molecule has 0 spiro atoms. The lowest BCUT2D eigenvalue weighted by Crippen LogP contribution is -2.52. The van der Waals surface area contributed by atoms with E-state index in [1.165, 1.54) is 17.8 Å². The predicted molar refractivity (Wildman–Crippen MR) is 204 cm³/mol. The number of rotatable bonds is 21. The number of carbonyl (C=O) groups excluding carboxylic acids is 3. The molecule has 0 radical (unpaired) electrons. The van der Waals surface area contributed by atoms with Gasteiger partial charge in [-0.2, -0.15) is 0 Å². The maximum absolute atomic E-state index is 14.3. The standard InChI is InChI=1S/C39H64N6O5S/c1-7-39(5,8-2)27-44(25-36(49)43(6)21-19-30-16-12-13-20-41-30)34(47)17-18-35(48)45(24-31-26-51-38(40)42-31)32(23-29-14-10-9-11-15-29)37(50)33(46)22-28(3)4/h12-13,16,20,26,28-29,32-33,37,46,50H,7-11,14-15,17-19,21-25,27H2,1-6H3,(H2,40,42)/t32-,33-,37+/m0/s1. The predicted octanol–water partition coefficient (Wildman–Crippen LogP) is 5.69. The molecule has 1 saturated carbocycles. The molecular formula is C39H64N6O5S. The SMILES string of the molecule is CCC(C)(CC)CN(CC(=O)N(C)CCc1ccccn1)C(=O)CCC(=O)N(Cc1csc(N)n1)[C@@H](CC1CCCCC1)[C@@H](O)[C@@H](O)CC(C)C. The summed E-state index contributed by atoms with van der Waals surface area (Å²) in [5.74, 6) is -0.245. The number of thiazole rings is 1. The Hall–Kier alpha value is -3.09. The van der Waals surface area contributed by atoms with Gasteiger partial charge in [0, 0.05) is 56.7 Å². The smallest absolute Gasteiger partial charge is 0.241 e. The van der Waals surface area contributed by atoms with Crippen molar-refractivity contribution in [2.24, 2.45) is 17.3 Å². The van der Waals surface area contributed by atoms with E-state index in [0.717, 1.165) is 44.2 Å². The first-order chi connectivity index (χ1) is 24.2. The molecule has 2 heterocycles. The number of aliphatic hydroxyl groups is 2. The normalized spacial score (nSPS) is 15.7. The van der Waals surface area contributed by atoms with Gasteiger partial charge in [-0.15, -0.1) is 11.3 Å². The lowest BCUT2D eigenvalue weighted by atomic mass is 9.81. The molecule has 3 atom stereocenters. The van der Waals surface area contributed by atoms with Crippen LogP contribution in [0.3, 0.4) is 0 Å². The second-order valence-electron chi connectivity index (χ2n) is 15.3. The molecule has 0 aromatic carbocycles. The van der Waals surface area contributed by atoms with Crippen molar-refractivity contribution in [1.82, 2.24) is 24.7 Å². The van der Waals surface area contributed by atoms with E-state index in [2.05, 4.69) is 30.7 Å². The molecular weight excluding hydrogens is 665 g/mol. The van der Waals surface area contributed by atoms with Crippen LogP contribution >= 0.6 is 11.3 Å². The summed E-state index contributed by atoms with van der Waals surface area (Å²) in [5.41, 5.74) is 7.27. The zero-order valence-corrected chi connectivity index (χ0v) is 32.7. The molecule has 4 N–H and O–H groups in total. The van der Waals surface area contributed by atoms with Gasteiger partial charge in [-0.05, 0) is 55.1 Å². The molecule has 0 saturated heterocycles. The number of nitrogen functional groups attached to an aromatic ring is 1. The van der Waals surface area contributed by atoms with Crippen molar-refractivity contribution in [2.45, 2.75) is 136 Å². The van der Waals surface area contributed by atoms with Gasteiger partial charge >= 0.3 is 0 Å². The van der Waals surface area contributed by atoms with Gasteiger partial charge < -0.3 is 30.6 Å². The van der Waals surface area contributed by atoms with Crippen LogP contribution in [0.15, 0.2) is 29.8 Å². The Morgan fingerprint density at radius 3 is 2.29 bits per heavy atom. The number of pyridine rings is 1. The van der Waals surface area contributed by atoms with Gasteiger partial charge in [0.05, 0.1) is 30.9 Å². The average molecular weight is 729 g/mol. The van der Waals surface area contributed by atoms with E-state index in [-0.39, 0.29) is 55.0 Å². The summed E-state index contributed by atoms with van der Waals surface area (Å²) < 4.78 is 0. The number of likely N-dealkylation sites (N-methyl/N-ethyl adjacent to an activating group) is 1. The molecule has 1 aliphatic carbocycles. The topological polar surface area (TPSA) is 153 Å². The van der Waals surface area contributed by atoms with Crippen molar-refractivity contribution >= 4 is 34.2 Å². The Labute approximate surface area is 310 Å². The third kappa shape index (κ3) is 13.8. The van der Waals surface area contributed by atoms with E-state index < -0.39 is 18.2 Å². The van der Waals surface area contributed by atoms with Crippen molar-refractivity contribution in [3.63, 3.8) is 0 Å². The minimum absolute atomic E-state index is 0.0758. The number of amides is 3. The lowest BCUT2D eigenvalue weighted by Gasteiger charge is -2.39. The highest BCUT2D eigenvalue weighted by Gasteiger charge is 2.37. The first-order valence-electron chi connectivity index (χ1n) is 19.0. The van der Waals surface area contributed by atoms with Crippen LogP contribution in [0.4, 0.5) is 5.13 Å². The van der Waals surface area contributed by atoms with E-state index in [1.54, 1.807) is 27.9 Å². The van der Waals surface area contributed by atoms with Gasteiger partial charge in [0.1, 0.15) is 6.10 Å². The molecule has 2 aromatic rings. The number of nitrogens with zero attached hydrogens (tertiary/aromatic N) is 5. The summed E-state index contributed by atoms with van der Waals surface area (Å²) >= 11 is 1.29. The number of aromatic nitrogens is 2. The molecule has 2 aromatic heterocycles. The first-order valence-corrected chi connectivity index (χ1v) is 19.9. The highest BCUT2D eigenvalue weighted by molar-refractivity contribution is 7.13. The number of anilines is 1. The number of carbonyl (C=O) groups is 3. The van der Waals surface area contributed by atoms with Crippen LogP contribution in [-0.2, 0) is 27.3 Å². The minimum Gasteiger partial charge on any atom is -0.390 e. The van der Waals surface area contributed by atoms with Gasteiger partial charge in [0.15, 0.2) is 5.13 Å². The fourth-order valence-electron chi connectivity index (χ4n) is 6.97. The third-order valence-corrected chi connectivity index (χ3v) is 11.5. The maximum atomic E-state index is 14.3. The zero-order chi connectivity index (χ0) is 37.6. The average Bonchev–Trinajstić information content (AvgIpc) is 3.54. The second kappa shape index (κ2) is 20.8. The van der Waals surface area contributed by atoms with E-state index in [4.69, 9.17) is 5.73 Å². The number of nitrogens with two attached hydrogens (primary N) is 1. The van der Waals surface area contributed by atoms with E-state index in [0.29, 0.717) is 49.1 Å². The molecule has 12 heteroatoms. The van der Waals surface area contributed by atoms with Crippen molar-refractivity contribution in [3.8, 4) is 0 Å². The number of hydrogen-bond donors (Lipinski definition) is 3. The van der Waals surface area contributed by atoms with Crippen molar-refractivity contribution in [3.05, 3.63) is 41.2 Å². The third-order valence-electron chi connectivity index (χ3n) is 10.8. The Balaban J connectivity index is 1.82. The van der Waals surface area contributed by atoms with Gasteiger partial charge in [0.2, 0.25) is 17.7 Å². The summed E-state index contributed by atoms with van der Waals surface area (Å²) in [4.78, 5) is 55.4. The summed E-state index contributed by atoms with van der Waals surface area (Å²) in [6.45, 7) is 11.2. The molecule has 3 amide bonds. The summed E-state index contributed by atoms with van der Waals surface area (Å²) in [6, 6.07) is 5.05. The molecule has 1 aliphatic rings. The van der Waals surface area contributed by atoms with Crippen LogP contribution in [0.1, 0.15) is 117 Å². The van der Waals surface area contributed by atoms with E-state index >= 15 is 0 Å². The van der Waals surface area contributed by atoms with Crippen LogP contribution in [0.5, 0.6) is 0 Å². The van der Waals surface area contributed by atoms with Crippen molar-refractivity contribution in [1.29, 1.82) is 0 Å². The molecule has 286 valence electrons. The number of hydrogen-bond acceptors (Lipinski definition) is 9. The van der Waals surface area contributed by atoms with Gasteiger partial charge in [-0.25, -0.2) is 4.98 Å². The molecule has 3 rings (SSSR count). The fourth-order valence-corrected chi connectivity index (χ4v) is 7.53. The quantitative estimate of drug-likeness (QED) is 0.148. The molecule has 0 bridgehead atoms. The monoisotopic (exact) mass is 728 g/mol. The van der Waals surface area contributed by atoms with Crippen LogP contribution < -0.4 is 5.73 Å². The second-order valence-corrected chi connectivity index (χ2v) is 16.2. The van der Waals surface area contributed by atoms with Gasteiger partial charge in [-0.1, -0.05) is 72.8 Å². The Morgan fingerprint density at radius 2 is 1.71 bits per heavy atom. The first kappa shape index (κ1) is 42.3. The van der Waals surface area contributed by atoms with Gasteiger partial charge in [-0.3, -0.25) is 19.4 Å². The highest BCUT2D eigenvalue weighted by Crippen LogP contribution is 2.32. The fraction of sp³-hybridized carbons (Fsp3) is 0.718. The van der Waals surface area contributed by atoms with Crippen LogP contribution in [0.25, 0.3) is 0 Å².